The summed E-state index contributed by atoms with van der Waals surface area (Å²) in [6.45, 7) is 6.71. The zero-order chi connectivity index (χ0) is 16.3. The second kappa shape index (κ2) is 6.95. The molecule has 2 unspecified atom stereocenters. The van der Waals surface area contributed by atoms with E-state index in [0.717, 1.165) is 17.5 Å². The Morgan fingerprint density at radius 3 is 2.45 bits per heavy atom. The van der Waals surface area contributed by atoms with Gasteiger partial charge in [-0.2, -0.15) is 0 Å². The van der Waals surface area contributed by atoms with Crippen LogP contribution in [-0.2, 0) is 22.6 Å². The first kappa shape index (κ1) is 16.5. The topological polar surface area (TPSA) is 57.6 Å². The summed E-state index contributed by atoms with van der Waals surface area (Å²) in [5.41, 5.74) is 2.10. The first-order valence-electron chi connectivity index (χ1n) is 8.03. The van der Waals surface area contributed by atoms with Crippen LogP contribution in [0.2, 0.25) is 0 Å². The highest BCUT2D eigenvalue weighted by Gasteiger charge is 2.35. The molecule has 2 rings (SSSR count). The predicted molar refractivity (Wildman–Crippen MR) is 85.4 cm³/mol. The van der Waals surface area contributed by atoms with Gasteiger partial charge in [0.05, 0.1) is 0 Å². The standard InChI is InChI=1S/C18H25NO3/c1-4-13(12(2)3)10-17(20)19-11-15-8-6-5-7-14(15)9-16(19)18(21)22/h5-8,12-13,16H,4,9-11H2,1-3H3,(H,21,22). The van der Waals surface area contributed by atoms with Crippen LogP contribution in [-0.4, -0.2) is 27.9 Å². The molecule has 1 aromatic carbocycles. The first-order chi connectivity index (χ1) is 10.4. The highest BCUT2D eigenvalue weighted by atomic mass is 16.4. The van der Waals surface area contributed by atoms with Crippen molar-refractivity contribution in [2.24, 2.45) is 11.8 Å². The van der Waals surface area contributed by atoms with Crippen molar-refractivity contribution in [3.63, 3.8) is 0 Å². The van der Waals surface area contributed by atoms with E-state index in [1.807, 2.05) is 24.3 Å². The molecule has 2 atom stereocenters. The summed E-state index contributed by atoms with van der Waals surface area (Å²) >= 11 is 0. The molecule has 1 aromatic rings. The number of carboxylic acid groups (broad SMARTS) is 1. The van der Waals surface area contributed by atoms with Crippen molar-refractivity contribution in [3.05, 3.63) is 35.4 Å². The molecule has 0 saturated carbocycles. The average molecular weight is 303 g/mol. The number of rotatable bonds is 5. The van der Waals surface area contributed by atoms with Crippen LogP contribution < -0.4 is 0 Å². The van der Waals surface area contributed by atoms with Crippen molar-refractivity contribution >= 4 is 11.9 Å². The molecule has 1 aliphatic heterocycles. The normalized spacial score (nSPS) is 18.9. The highest BCUT2D eigenvalue weighted by molar-refractivity contribution is 5.84. The van der Waals surface area contributed by atoms with Crippen molar-refractivity contribution < 1.29 is 14.7 Å². The second-order valence-electron chi connectivity index (χ2n) is 6.46. The van der Waals surface area contributed by atoms with E-state index in [-0.39, 0.29) is 5.91 Å². The first-order valence-corrected chi connectivity index (χ1v) is 8.03. The summed E-state index contributed by atoms with van der Waals surface area (Å²) in [5.74, 6) is -0.226. The number of fused-ring (bicyclic) bond motifs is 1. The lowest BCUT2D eigenvalue weighted by molar-refractivity contribution is -0.152. The molecule has 4 nitrogen and oxygen atoms in total. The van der Waals surface area contributed by atoms with Crippen molar-refractivity contribution in [1.82, 2.24) is 4.90 Å². The number of hydrogen-bond acceptors (Lipinski definition) is 2. The summed E-state index contributed by atoms with van der Waals surface area (Å²) in [7, 11) is 0. The van der Waals surface area contributed by atoms with Gasteiger partial charge in [-0.3, -0.25) is 4.79 Å². The maximum absolute atomic E-state index is 12.7. The number of amides is 1. The van der Waals surface area contributed by atoms with E-state index >= 15 is 0 Å². The predicted octanol–water partition coefficient (Wildman–Crippen LogP) is 3.10. The Morgan fingerprint density at radius 1 is 1.27 bits per heavy atom. The monoisotopic (exact) mass is 303 g/mol. The fourth-order valence-electron chi connectivity index (χ4n) is 3.20. The van der Waals surface area contributed by atoms with E-state index in [2.05, 4.69) is 20.8 Å². The lowest BCUT2D eigenvalue weighted by atomic mass is 9.88. The number of carbonyl (C=O) groups is 2. The molecule has 1 heterocycles. The third kappa shape index (κ3) is 3.49. The summed E-state index contributed by atoms with van der Waals surface area (Å²) in [6.07, 6.45) is 1.77. The maximum Gasteiger partial charge on any atom is 0.326 e. The van der Waals surface area contributed by atoms with Crippen LogP contribution in [0.25, 0.3) is 0 Å². The third-order valence-corrected chi connectivity index (χ3v) is 4.76. The van der Waals surface area contributed by atoms with E-state index in [4.69, 9.17) is 0 Å². The van der Waals surface area contributed by atoms with Crippen LogP contribution in [0.1, 0.15) is 44.7 Å². The number of nitrogens with zero attached hydrogens (tertiary/aromatic N) is 1. The Kier molecular flexibility index (Phi) is 5.22. The molecule has 120 valence electrons. The van der Waals surface area contributed by atoms with Crippen molar-refractivity contribution in [2.45, 2.75) is 52.6 Å². The van der Waals surface area contributed by atoms with Gasteiger partial charge >= 0.3 is 5.97 Å². The molecule has 4 heteroatoms. The zero-order valence-electron chi connectivity index (χ0n) is 13.6. The minimum absolute atomic E-state index is 0.0394. The van der Waals surface area contributed by atoms with Crippen molar-refractivity contribution in [2.75, 3.05) is 0 Å². The molecular weight excluding hydrogens is 278 g/mol. The van der Waals surface area contributed by atoms with Crippen LogP contribution in [0.5, 0.6) is 0 Å². The van der Waals surface area contributed by atoms with Gasteiger partial charge in [-0.05, 0) is 23.0 Å². The number of carbonyl (C=O) groups excluding carboxylic acids is 1. The summed E-state index contributed by atoms with van der Waals surface area (Å²) in [6, 6.07) is 7.04. The molecule has 0 spiro atoms. The quantitative estimate of drug-likeness (QED) is 0.909. The summed E-state index contributed by atoms with van der Waals surface area (Å²) < 4.78 is 0. The highest BCUT2D eigenvalue weighted by Crippen LogP contribution is 2.27. The number of carboxylic acids is 1. The molecule has 0 aliphatic carbocycles. The van der Waals surface area contributed by atoms with Crippen LogP contribution in [0, 0.1) is 11.8 Å². The molecule has 0 aromatic heterocycles. The van der Waals surface area contributed by atoms with Gasteiger partial charge in [0.2, 0.25) is 5.91 Å². The average Bonchev–Trinajstić information content (AvgIpc) is 2.50. The zero-order valence-corrected chi connectivity index (χ0v) is 13.6. The molecule has 1 aliphatic rings. The van der Waals surface area contributed by atoms with E-state index in [1.165, 1.54) is 0 Å². The molecular formula is C18H25NO3. The van der Waals surface area contributed by atoms with Crippen molar-refractivity contribution in [1.29, 1.82) is 0 Å². The lowest BCUT2D eigenvalue weighted by Gasteiger charge is -2.35. The summed E-state index contributed by atoms with van der Waals surface area (Å²) in [4.78, 5) is 25.8. The van der Waals surface area contributed by atoms with Crippen LogP contribution in [0.3, 0.4) is 0 Å². The minimum atomic E-state index is -0.916. The fourth-order valence-corrected chi connectivity index (χ4v) is 3.20. The Hall–Kier alpha value is -1.84. The van der Waals surface area contributed by atoms with Gasteiger partial charge in [-0.1, -0.05) is 51.5 Å². The van der Waals surface area contributed by atoms with Gasteiger partial charge in [-0.15, -0.1) is 0 Å². The molecule has 1 N–H and O–H groups in total. The molecule has 1 amide bonds. The molecule has 0 radical (unpaired) electrons. The van der Waals surface area contributed by atoms with Crippen molar-refractivity contribution in [3.8, 4) is 0 Å². The van der Waals surface area contributed by atoms with E-state index < -0.39 is 12.0 Å². The van der Waals surface area contributed by atoms with Gasteiger partial charge in [0, 0.05) is 19.4 Å². The largest absolute Gasteiger partial charge is 0.480 e. The number of hydrogen-bond donors (Lipinski definition) is 1. The van der Waals surface area contributed by atoms with Crippen LogP contribution in [0.15, 0.2) is 24.3 Å². The SMILES string of the molecule is CCC(CC(=O)N1Cc2ccccc2CC1C(=O)O)C(C)C. The second-order valence-corrected chi connectivity index (χ2v) is 6.46. The van der Waals surface area contributed by atoms with E-state index in [0.29, 0.717) is 31.2 Å². The third-order valence-electron chi connectivity index (χ3n) is 4.76. The fraction of sp³-hybridized carbons (Fsp3) is 0.556. The van der Waals surface area contributed by atoms with Gasteiger partial charge in [0.25, 0.3) is 0 Å². The Bertz CT molecular complexity index is 553. The molecule has 0 bridgehead atoms. The van der Waals surface area contributed by atoms with Crippen LogP contribution in [0.4, 0.5) is 0 Å². The van der Waals surface area contributed by atoms with Crippen LogP contribution >= 0.6 is 0 Å². The number of aliphatic carboxylic acids is 1. The smallest absolute Gasteiger partial charge is 0.326 e. The Balaban J connectivity index is 2.20. The maximum atomic E-state index is 12.7. The Morgan fingerprint density at radius 2 is 1.91 bits per heavy atom. The van der Waals surface area contributed by atoms with E-state index in [9.17, 15) is 14.7 Å². The minimum Gasteiger partial charge on any atom is -0.480 e. The number of benzene rings is 1. The van der Waals surface area contributed by atoms with Gasteiger partial charge < -0.3 is 10.0 Å². The molecule has 0 fully saturated rings. The van der Waals surface area contributed by atoms with Gasteiger partial charge in [-0.25, -0.2) is 4.79 Å². The molecule has 22 heavy (non-hydrogen) atoms. The lowest BCUT2D eigenvalue weighted by Crippen LogP contribution is -2.49. The Labute approximate surface area is 132 Å². The molecule has 0 saturated heterocycles. The van der Waals surface area contributed by atoms with E-state index in [1.54, 1.807) is 4.90 Å². The summed E-state index contributed by atoms with van der Waals surface area (Å²) in [5, 5.41) is 9.49. The van der Waals surface area contributed by atoms with Gasteiger partial charge in [0.15, 0.2) is 0 Å². The van der Waals surface area contributed by atoms with Gasteiger partial charge in [0.1, 0.15) is 6.04 Å².